The highest BCUT2D eigenvalue weighted by atomic mass is 16.5. The molecule has 0 spiro atoms. The zero-order chi connectivity index (χ0) is 10.0. The molecule has 0 amide bonds. The minimum Gasteiger partial charge on any atom is -0.504 e. The highest BCUT2D eigenvalue weighted by molar-refractivity contribution is 5.88. The molecule has 4 nitrogen and oxygen atoms in total. The Bertz CT molecular complexity index is 320. The van der Waals surface area contributed by atoms with Gasteiger partial charge in [0.2, 0.25) is 0 Å². The van der Waals surface area contributed by atoms with Gasteiger partial charge in [-0.05, 0) is 24.6 Å². The third-order valence-corrected chi connectivity index (χ3v) is 1.71. The molecule has 0 radical (unpaired) electrons. The third kappa shape index (κ3) is 1.72. The Balaban J connectivity index is 3.28. The van der Waals surface area contributed by atoms with E-state index in [1.54, 1.807) is 6.92 Å². The molecule has 0 atom stereocenters. The van der Waals surface area contributed by atoms with Crippen molar-refractivity contribution < 1.29 is 19.7 Å². The van der Waals surface area contributed by atoms with Crippen LogP contribution in [0.5, 0.6) is 11.5 Å². The van der Waals surface area contributed by atoms with E-state index in [9.17, 15) is 9.90 Å². The molecule has 1 aromatic rings. The first-order chi connectivity index (χ1) is 6.06. The molecule has 4 heteroatoms. The number of benzene rings is 1. The summed E-state index contributed by atoms with van der Waals surface area (Å²) < 4.78 is 4.87. The number of aryl methyl sites for hydroxylation is 1. The number of rotatable bonds is 2. The number of carboxylic acid groups (broad SMARTS) is 1. The molecule has 13 heavy (non-hydrogen) atoms. The van der Waals surface area contributed by atoms with Crippen LogP contribution in [0.25, 0.3) is 0 Å². The van der Waals surface area contributed by atoms with Crippen molar-refractivity contribution >= 4 is 5.97 Å². The second-order valence-corrected chi connectivity index (χ2v) is 2.65. The summed E-state index contributed by atoms with van der Waals surface area (Å²) in [5.41, 5.74) is 0.649. The third-order valence-electron chi connectivity index (χ3n) is 1.71. The predicted molar refractivity (Wildman–Crippen MR) is 46.4 cm³/mol. The van der Waals surface area contributed by atoms with Crippen LogP contribution in [-0.2, 0) is 0 Å². The summed E-state index contributed by atoms with van der Waals surface area (Å²) in [4.78, 5) is 10.6. The van der Waals surface area contributed by atoms with Crippen molar-refractivity contribution in [2.24, 2.45) is 0 Å². The molecule has 0 saturated carbocycles. The molecule has 0 bridgehead atoms. The standard InChI is InChI=1S/C9H10O4/c1-5-3-6(9(11)12)4-7(10)8(5)13-2/h3-4,10H,1-2H3,(H,11,12). The van der Waals surface area contributed by atoms with Crippen molar-refractivity contribution in [3.05, 3.63) is 23.3 Å². The molecule has 0 aromatic heterocycles. The van der Waals surface area contributed by atoms with E-state index in [1.165, 1.54) is 13.2 Å². The number of carbonyl (C=O) groups is 1. The molecule has 0 unspecified atom stereocenters. The lowest BCUT2D eigenvalue weighted by Gasteiger charge is -2.07. The predicted octanol–water partition coefficient (Wildman–Crippen LogP) is 1.41. The SMILES string of the molecule is COc1c(C)cc(C(=O)O)cc1O. The van der Waals surface area contributed by atoms with Crippen molar-refractivity contribution in [2.75, 3.05) is 7.11 Å². The van der Waals surface area contributed by atoms with Gasteiger partial charge in [0.05, 0.1) is 12.7 Å². The lowest BCUT2D eigenvalue weighted by atomic mass is 10.1. The van der Waals surface area contributed by atoms with Gasteiger partial charge in [-0.15, -0.1) is 0 Å². The Labute approximate surface area is 75.4 Å². The number of aromatic carboxylic acids is 1. The maximum atomic E-state index is 10.6. The van der Waals surface area contributed by atoms with E-state index in [1.807, 2.05) is 0 Å². The smallest absolute Gasteiger partial charge is 0.335 e. The van der Waals surface area contributed by atoms with Gasteiger partial charge in [-0.25, -0.2) is 4.79 Å². The van der Waals surface area contributed by atoms with Crippen LogP contribution in [0.2, 0.25) is 0 Å². The van der Waals surface area contributed by atoms with Crippen LogP contribution in [0.4, 0.5) is 0 Å². The number of hydrogen-bond acceptors (Lipinski definition) is 3. The van der Waals surface area contributed by atoms with Crippen molar-refractivity contribution in [3.8, 4) is 11.5 Å². The summed E-state index contributed by atoms with van der Waals surface area (Å²) in [6.07, 6.45) is 0. The first kappa shape index (κ1) is 9.38. The normalized spacial score (nSPS) is 9.69. The molecule has 1 aromatic carbocycles. The van der Waals surface area contributed by atoms with Crippen molar-refractivity contribution in [3.63, 3.8) is 0 Å². The van der Waals surface area contributed by atoms with Crippen LogP contribution in [0.1, 0.15) is 15.9 Å². The molecule has 0 fully saturated rings. The van der Waals surface area contributed by atoms with Gasteiger partial charge in [0, 0.05) is 0 Å². The minimum atomic E-state index is -1.07. The van der Waals surface area contributed by atoms with Crippen molar-refractivity contribution in [2.45, 2.75) is 6.92 Å². The topological polar surface area (TPSA) is 66.8 Å². The molecule has 0 aliphatic heterocycles. The molecule has 0 aliphatic carbocycles. The Morgan fingerprint density at radius 1 is 1.46 bits per heavy atom. The second kappa shape index (κ2) is 3.35. The maximum absolute atomic E-state index is 10.6. The van der Waals surface area contributed by atoms with E-state index in [2.05, 4.69) is 0 Å². The van der Waals surface area contributed by atoms with Gasteiger partial charge in [0.1, 0.15) is 0 Å². The van der Waals surface area contributed by atoms with Crippen LogP contribution in [0, 0.1) is 6.92 Å². The summed E-state index contributed by atoms with van der Waals surface area (Å²) in [6.45, 7) is 1.67. The van der Waals surface area contributed by atoms with Crippen LogP contribution >= 0.6 is 0 Å². The monoisotopic (exact) mass is 182 g/mol. The quantitative estimate of drug-likeness (QED) is 0.725. The maximum Gasteiger partial charge on any atom is 0.335 e. The summed E-state index contributed by atoms with van der Waals surface area (Å²) >= 11 is 0. The summed E-state index contributed by atoms with van der Waals surface area (Å²) in [5, 5.41) is 18.0. The van der Waals surface area contributed by atoms with Gasteiger partial charge in [0.15, 0.2) is 11.5 Å². The Kier molecular flexibility index (Phi) is 2.41. The van der Waals surface area contributed by atoms with Crippen LogP contribution in [0.3, 0.4) is 0 Å². The average Bonchev–Trinajstić information content (AvgIpc) is 2.03. The van der Waals surface area contributed by atoms with E-state index in [0.29, 0.717) is 11.3 Å². The first-order valence-electron chi connectivity index (χ1n) is 3.67. The number of methoxy groups -OCH3 is 1. The van der Waals surface area contributed by atoms with E-state index in [0.717, 1.165) is 6.07 Å². The highest BCUT2D eigenvalue weighted by Crippen LogP contribution is 2.30. The Morgan fingerprint density at radius 2 is 2.08 bits per heavy atom. The summed E-state index contributed by atoms with van der Waals surface area (Å²) in [7, 11) is 1.42. The fraction of sp³-hybridized carbons (Fsp3) is 0.222. The summed E-state index contributed by atoms with van der Waals surface area (Å²) in [5.74, 6) is -0.911. The zero-order valence-corrected chi connectivity index (χ0v) is 7.37. The fourth-order valence-electron chi connectivity index (χ4n) is 1.14. The van der Waals surface area contributed by atoms with Crippen molar-refractivity contribution in [1.82, 2.24) is 0 Å². The fourth-order valence-corrected chi connectivity index (χ4v) is 1.14. The molecule has 0 aliphatic rings. The minimum absolute atomic E-state index is 0.0517. The Morgan fingerprint density at radius 3 is 2.46 bits per heavy atom. The van der Waals surface area contributed by atoms with Gasteiger partial charge < -0.3 is 14.9 Å². The molecule has 0 heterocycles. The van der Waals surface area contributed by atoms with E-state index in [-0.39, 0.29) is 11.3 Å². The van der Waals surface area contributed by atoms with E-state index < -0.39 is 5.97 Å². The van der Waals surface area contributed by atoms with Gasteiger partial charge in [-0.3, -0.25) is 0 Å². The number of aromatic hydroxyl groups is 1. The van der Waals surface area contributed by atoms with E-state index in [4.69, 9.17) is 9.84 Å². The number of phenols is 1. The van der Waals surface area contributed by atoms with E-state index >= 15 is 0 Å². The molecule has 0 saturated heterocycles. The first-order valence-corrected chi connectivity index (χ1v) is 3.67. The Hall–Kier alpha value is -1.71. The van der Waals surface area contributed by atoms with Gasteiger partial charge in [-0.2, -0.15) is 0 Å². The zero-order valence-electron chi connectivity index (χ0n) is 7.37. The lowest BCUT2D eigenvalue weighted by molar-refractivity contribution is 0.0696. The number of carboxylic acids is 1. The molecular formula is C9H10O4. The van der Waals surface area contributed by atoms with Crippen LogP contribution < -0.4 is 4.74 Å². The van der Waals surface area contributed by atoms with Gasteiger partial charge in [0.25, 0.3) is 0 Å². The average molecular weight is 182 g/mol. The molecule has 70 valence electrons. The lowest BCUT2D eigenvalue weighted by Crippen LogP contribution is -1.98. The van der Waals surface area contributed by atoms with Crippen molar-refractivity contribution in [1.29, 1.82) is 0 Å². The molecule has 2 N–H and O–H groups in total. The largest absolute Gasteiger partial charge is 0.504 e. The number of phenolic OH excluding ortho intramolecular Hbond substituents is 1. The molecular weight excluding hydrogens is 172 g/mol. The van der Waals surface area contributed by atoms with Gasteiger partial charge in [-0.1, -0.05) is 0 Å². The highest BCUT2D eigenvalue weighted by Gasteiger charge is 2.11. The molecule has 1 rings (SSSR count). The van der Waals surface area contributed by atoms with Gasteiger partial charge >= 0.3 is 5.97 Å². The summed E-state index contributed by atoms with van der Waals surface area (Å²) in [6, 6.07) is 2.61. The number of hydrogen-bond donors (Lipinski definition) is 2. The van der Waals surface area contributed by atoms with Crippen LogP contribution in [-0.4, -0.2) is 23.3 Å². The second-order valence-electron chi connectivity index (χ2n) is 2.65. The number of ether oxygens (including phenoxy) is 1. The van der Waals surface area contributed by atoms with Crippen LogP contribution in [0.15, 0.2) is 12.1 Å².